The Labute approximate surface area is 332 Å². The molecule has 0 amide bonds. The molecule has 6 saturated carbocycles. The van der Waals surface area contributed by atoms with E-state index in [1.54, 1.807) is 6.92 Å². The van der Waals surface area contributed by atoms with Crippen molar-refractivity contribution in [2.75, 3.05) is 6.61 Å². The summed E-state index contributed by atoms with van der Waals surface area (Å²) in [6.07, 6.45) is 3.41. The van der Waals surface area contributed by atoms with Gasteiger partial charge in [0.15, 0.2) is 0 Å². The summed E-state index contributed by atoms with van der Waals surface area (Å²) in [5, 5.41) is 0. The van der Waals surface area contributed by atoms with E-state index in [-0.39, 0.29) is 111 Å². The molecule has 8 rings (SSSR count). The van der Waals surface area contributed by atoms with Crippen molar-refractivity contribution in [1.29, 1.82) is 0 Å². The lowest BCUT2D eigenvalue weighted by atomic mass is 9.42. The van der Waals surface area contributed by atoms with Gasteiger partial charge in [0.1, 0.15) is 16.8 Å². The fourth-order valence-corrected chi connectivity index (χ4v) is 12.0. The molecule has 0 N–H and O–H groups in total. The summed E-state index contributed by atoms with van der Waals surface area (Å²) >= 11 is 0. The molecule has 2 heterocycles. The van der Waals surface area contributed by atoms with Gasteiger partial charge in [-0.05, 0) is 110 Å². The van der Waals surface area contributed by atoms with Crippen molar-refractivity contribution in [3.63, 3.8) is 0 Å². The Morgan fingerprint density at radius 2 is 1.25 bits per heavy atom. The first-order chi connectivity index (χ1) is 22.7. The summed E-state index contributed by atoms with van der Waals surface area (Å²) < 4.78 is 29.1. The van der Waals surface area contributed by atoms with E-state index in [9.17, 15) is 28.8 Å². The van der Waals surface area contributed by atoms with Crippen molar-refractivity contribution in [3.05, 3.63) is 0 Å². The zero-order chi connectivity index (χ0) is 35.6. The summed E-state index contributed by atoms with van der Waals surface area (Å²) in [5.41, 5.74) is -4.76. The molecule has 2 aliphatic heterocycles. The van der Waals surface area contributed by atoms with Crippen molar-refractivity contribution in [1.82, 2.24) is 0 Å². The highest BCUT2D eigenvalue weighted by Gasteiger charge is 2.71. The van der Waals surface area contributed by atoms with Crippen LogP contribution in [0.2, 0.25) is 0 Å². The Bertz CT molecular complexity index is 1440. The lowest BCUT2D eigenvalue weighted by Gasteiger charge is -2.63. The van der Waals surface area contributed by atoms with E-state index >= 15 is 0 Å². The predicted octanol–water partition coefficient (Wildman–Crippen LogP) is 8.77. The van der Waals surface area contributed by atoms with E-state index in [1.165, 1.54) is 0 Å². The minimum atomic E-state index is -1.16. The Morgan fingerprint density at radius 3 is 1.73 bits per heavy atom. The lowest BCUT2D eigenvalue weighted by Crippen LogP contribution is -2.66. The topological polar surface area (TPSA) is 149 Å². The summed E-state index contributed by atoms with van der Waals surface area (Å²) in [4.78, 5) is 81.3. The Hall–Kier alpha value is -2.98. The van der Waals surface area contributed by atoms with Crippen LogP contribution < -0.4 is 0 Å². The molecule has 8 fully saturated rings. The molecular weight excluding hydrogens is 704 g/mol. The third-order valence-corrected chi connectivity index (χ3v) is 13.3. The standard InChI is InChI=1S/C38H52O11.6CH4/c1-18-21(23-10-22(18)27-25(23)14-45-30(27)41)9-24(26-19(2)28(39)46-31(26)42)29(40)47-38-13-20-11-36(16-38,32(43)48-34(3,4)5)15-37(12-20,17-38)33(44)49-35(6,7)8;;;;;;/h18-27H,9-17H2,1-8H3;6*1H4. The highest BCUT2D eigenvalue weighted by molar-refractivity contribution is 5.98. The highest BCUT2D eigenvalue weighted by atomic mass is 16.6. The number of ether oxygens (including phenoxy) is 5. The first kappa shape index (κ1) is 50.0. The average molecular weight is 781 g/mol. The zero-order valence-corrected chi connectivity index (χ0v) is 30.1. The summed E-state index contributed by atoms with van der Waals surface area (Å²) in [6.45, 7) is 15.0. The van der Waals surface area contributed by atoms with E-state index in [1.807, 2.05) is 41.5 Å². The molecule has 2 saturated heterocycles. The van der Waals surface area contributed by atoms with Crippen LogP contribution in [0.5, 0.6) is 0 Å². The van der Waals surface area contributed by atoms with Gasteiger partial charge < -0.3 is 23.7 Å². The third kappa shape index (κ3) is 8.23. The van der Waals surface area contributed by atoms with Crippen LogP contribution in [0.25, 0.3) is 0 Å². The van der Waals surface area contributed by atoms with E-state index in [0.29, 0.717) is 32.3 Å². The second-order valence-electron chi connectivity index (χ2n) is 19.0. The molecule has 6 aliphatic carbocycles. The van der Waals surface area contributed by atoms with E-state index in [0.717, 1.165) is 6.42 Å². The highest BCUT2D eigenvalue weighted by Crippen LogP contribution is 2.69. The fraction of sp³-hybridized carbons (Fsp3) is 0.864. The first-order valence-electron chi connectivity index (χ1n) is 18.3. The summed E-state index contributed by atoms with van der Waals surface area (Å²) in [5.74, 6) is -5.45. The second-order valence-corrected chi connectivity index (χ2v) is 19.0. The van der Waals surface area contributed by atoms with Gasteiger partial charge in [0.05, 0.1) is 41.1 Å². The van der Waals surface area contributed by atoms with Crippen LogP contribution in [-0.4, -0.2) is 59.2 Å². The van der Waals surface area contributed by atoms with Gasteiger partial charge in [0.2, 0.25) is 0 Å². The maximum absolute atomic E-state index is 14.7. The normalized spacial score (nSPS) is 39.2. The largest absolute Gasteiger partial charge is 0.465 e. The molecule has 0 spiro atoms. The van der Waals surface area contributed by atoms with Crippen LogP contribution in [0.3, 0.4) is 0 Å². The number of hydrogen-bond acceptors (Lipinski definition) is 11. The van der Waals surface area contributed by atoms with Crippen molar-refractivity contribution >= 4 is 35.8 Å². The number of esters is 6. The number of carbonyl (C=O) groups excluding carboxylic acids is 6. The van der Waals surface area contributed by atoms with Gasteiger partial charge in [-0.2, -0.15) is 0 Å². The molecule has 0 aromatic carbocycles. The summed E-state index contributed by atoms with van der Waals surface area (Å²) in [6, 6.07) is 0. The monoisotopic (exact) mass is 781 g/mol. The van der Waals surface area contributed by atoms with Crippen LogP contribution in [0.4, 0.5) is 0 Å². The van der Waals surface area contributed by atoms with Gasteiger partial charge >= 0.3 is 35.8 Å². The van der Waals surface area contributed by atoms with Gasteiger partial charge in [0, 0.05) is 18.8 Å². The van der Waals surface area contributed by atoms with Crippen molar-refractivity contribution in [2.24, 2.45) is 70.0 Å². The predicted molar refractivity (Wildman–Crippen MR) is 211 cm³/mol. The molecule has 8 aliphatic rings. The van der Waals surface area contributed by atoms with Crippen LogP contribution >= 0.6 is 0 Å². The number of cyclic esters (lactones) is 3. The quantitative estimate of drug-likeness (QED) is 0.139. The van der Waals surface area contributed by atoms with E-state index < -0.39 is 75.2 Å². The maximum atomic E-state index is 14.7. The van der Waals surface area contributed by atoms with Crippen LogP contribution in [0.1, 0.15) is 151 Å². The maximum Gasteiger partial charge on any atom is 0.318 e. The Balaban J connectivity index is 0.00000252. The smallest absolute Gasteiger partial charge is 0.318 e. The van der Waals surface area contributed by atoms with Gasteiger partial charge in [-0.25, -0.2) is 0 Å². The lowest BCUT2D eigenvalue weighted by molar-refractivity contribution is -0.243. The second kappa shape index (κ2) is 16.1. The van der Waals surface area contributed by atoms with Gasteiger partial charge in [-0.15, -0.1) is 0 Å². The van der Waals surface area contributed by atoms with Crippen LogP contribution in [0, 0.1) is 70.0 Å². The molecule has 11 unspecified atom stereocenters. The van der Waals surface area contributed by atoms with Crippen molar-refractivity contribution in [2.45, 2.75) is 168 Å². The first-order valence-corrected chi connectivity index (χ1v) is 18.3. The molecular formula is C44H76O11. The molecule has 55 heavy (non-hydrogen) atoms. The molecule has 11 heteroatoms. The Kier molecular flexibility index (Phi) is 14.7. The molecule has 0 aromatic rings. The molecule has 0 aromatic heterocycles. The average Bonchev–Trinajstić information content (AvgIpc) is 3.66. The zero-order valence-electron chi connectivity index (χ0n) is 30.1. The van der Waals surface area contributed by atoms with E-state index in [2.05, 4.69) is 6.92 Å². The van der Waals surface area contributed by atoms with Gasteiger partial charge in [-0.3, -0.25) is 28.8 Å². The molecule has 6 bridgehead atoms. The van der Waals surface area contributed by atoms with E-state index in [4.69, 9.17) is 23.7 Å². The van der Waals surface area contributed by atoms with Gasteiger partial charge in [-0.1, -0.05) is 58.4 Å². The van der Waals surface area contributed by atoms with Gasteiger partial charge in [0.25, 0.3) is 0 Å². The number of carbonyl (C=O) groups is 6. The molecule has 11 atom stereocenters. The molecule has 0 radical (unpaired) electrons. The Morgan fingerprint density at radius 1 is 0.727 bits per heavy atom. The van der Waals surface area contributed by atoms with Crippen molar-refractivity contribution < 1.29 is 52.5 Å². The number of rotatable bonds is 7. The number of fused-ring (bicyclic) bond motifs is 5. The minimum absolute atomic E-state index is 0. The minimum Gasteiger partial charge on any atom is -0.465 e. The molecule has 11 nitrogen and oxygen atoms in total. The number of hydrogen-bond donors (Lipinski definition) is 0. The fourth-order valence-electron chi connectivity index (χ4n) is 12.0. The van der Waals surface area contributed by atoms with Crippen LogP contribution in [-0.2, 0) is 52.5 Å². The van der Waals surface area contributed by atoms with Crippen molar-refractivity contribution in [3.8, 4) is 0 Å². The molecule has 318 valence electrons. The summed E-state index contributed by atoms with van der Waals surface area (Å²) in [7, 11) is 0. The third-order valence-electron chi connectivity index (χ3n) is 13.3. The van der Waals surface area contributed by atoms with Crippen LogP contribution in [0.15, 0.2) is 0 Å². The SMILES string of the molecule is C.C.C.C.C.C.CC1C(=O)OC(=O)C1C(CC1C(C)C2CC1C1COC(=O)C21)C(=O)OC12CC3CC(C(=O)OC(C)(C)C)(C1)CC(C(=O)OC(C)(C)C)(C3)C2.